The molecule has 39 heavy (non-hydrogen) atoms. The van der Waals surface area contributed by atoms with E-state index in [1.54, 1.807) is 18.2 Å². The zero-order valence-electron chi connectivity index (χ0n) is 23.0. The second-order valence-electron chi connectivity index (χ2n) is 11.2. The minimum atomic E-state index is -0.428. The van der Waals surface area contributed by atoms with Gasteiger partial charge >= 0.3 is 0 Å². The third kappa shape index (κ3) is 6.10. The smallest absolute Gasteiger partial charge is 0.251 e. The monoisotopic (exact) mass is 530 g/mol. The van der Waals surface area contributed by atoms with Crippen LogP contribution >= 0.6 is 0 Å². The topological polar surface area (TPSA) is 106 Å². The Morgan fingerprint density at radius 2 is 2.03 bits per heavy atom. The third-order valence-electron chi connectivity index (χ3n) is 7.52. The maximum atomic E-state index is 13.5. The average Bonchev–Trinajstić information content (AvgIpc) is 2.87. The average molecular weight is 531 g/mol. The molecule has 2 atom stereocenters. The molecule has 0 aliphatic carbocycles. The Balaban J connectivity index is 1.52. The number of rotatable bonds is 2. The summed E-state index contributed by atoms with van der Waals surface area (Å²) in [5.41, 5.74) is 9.19. The van der Waals surface area contributed by atoms with E-state index in [0.29, 0.717) is 36.3 Å². The molecular formula is C31H38N4O4. The number of nitrogens with zero attached hydrogens (tertiary/aromatic N) is 2. The Kier molecular flexibility index (Phi) is 7.64. The summed E-state index contributed by atoms with van der Waals surface area (Å²) in [6.45, 7) is 6.65. The zero-order valence-corrected chi connectivity index (χ0v) is 23.0. The Morgan fingerprint density at radius 1 is 1.18 bits per heavy atom. The highest BCUT2D eigenvalue weighted by Gasteiger charge is 2.35. The van der Waals surface area contributed by atoms with Crippen LogP contribution in [-0.2, 0) is 17.8 Å². The van der Waals surface area contributed by atoms with Crippen LogP contribution in [0.1, 0.15) is 86.0 Å². The lowest BCUT2D eigenvalue weighted by Gasteiger charge is -2.38. The number of benzene rings is 2. The number of carbonyl (C=O) groups excluding carboxylic acids is 2. The quantitative estimate of drug-likeness (QED) is 0.542. The molecule has 0 aromatic heterocycles. The number of ether oxygens (including phenoxy) is 2. The van der Waals surface area contributed by atoms with Gasteiger partial charge in [0, 0.05) is 29.5 Å². The van der Waals surface area contributed by atoms with E-state index >= 15 is 0 Å². The van der Waals surface area contributed by atoms with Gasteiger partial charge in [0.2, 0.25) is 5.91 Å². The highest BCUT2D eigenvalue weighted by Crippen LogP contribution is 2.40. The standard InChI is InChI=1S/C31H38N4O4/c1-4-38-26-14-12-21-16-22(26)19-35-28(36)17-23(33-30(35)32)10-8-6-5-7-9-20-11-13-24-25(34-29(21)37)18-31(2,3)39-27(24)15-20/h5,7,11-16,23,25H,4,6,8-10,17-19H2,1-3H3,(H2,32,33)(H,34,37)/b7-5+. The van der Waals surface area contributed by atoms with E-state index in [1.165, 1.54) is 4.90 Å². The van der Waals surface area contributed by atoms with Crippen molar-refractivity contribution in [2.45, 2.75) is 83.5 Å². The fourth-order valence-electron chi connectivity index (χ4n) is 5.59. The van der Waals surface area contributed by atoms with Gasteiger partial charge < -0.3 is 20.5 Å². The van der Waals surface area contributed by atoms with E-state index < -0.39 is 5.60 Å². The molecule has 0 saturated heterocycles. The van der Waals surface area contributed by atoms with Gasteiger partial charge in [-0.2, -0.15) is 0 Å². The Bertz CT molecular complexity index is 1320. The summed E-state index contributed by atoms with van der Waals surface area (Å²) in [7, 11) is 0. The molecule has 8 bridgehead atoms. The first-order valence-corrected chi connectivity index (χ1v) is 13.9. The summed E-state index contributed by atoms with van der Waals surface area (Å²) < 4.78 is 12.2. The number of guanidine groups is 1. The summed E-state index contributed by atoms with van der Waals surface area (Å²) in [6.07, 6.45) is 8.76. The Labute approximate surface area is 230 Å². The predicted octanol–water partition coefficient (Wildman–Crippen LogP) is 4.82. The van der Waals surface area contributed by atoms with E-state index in [9.17, 15) is 9.59 Å². The first kappa shape index (κ1) is 26.8. The molecule has 6 heterocycles. The molecule has 206 valence electrons. The molecule has 6 aliphatic heterocycles. The second-order valence-corrected chi connectivity index (χ2v) is 11.2. The van der Waals surface area contributed by atoms with Crippen LogP contribution in [0.25, 0.3) is 0 Å². The van der Waals surface area contributed by atoms with Gasteiger partial charge in [0.15, 0.2) is 5.96 Å². The number of allylic oxidation sites excluding steroid dienone is 2. The molecule has 0 saturated carbocycles. The highest BCUT2D eigenvalue weighted by atomic mass is 16.5. The van der Waals surface area contributed by atoms with Crippen molar-refractivity contribution >= 4 is 17.8 Å². The number of hydrogen-bond donors (Lipinski definition) is 2. The van der Waals surface area contributed by atoms with Crippen molar-refractivity contribution in [3.63, 3.8) is 0 Å². The number of nitrogens with two attached hydrogens (primary N) is 1. The van der Waals surface area contributed by atoms with Crippen molar-refractivity contribution in [2.75, 3.05) is 6.61 Å². The molecule has 2 aromatic carbocycles. The van der Waals surface area contributed by atoms with Gasteiger partial charge in [-0.25, -0.2) is 4.99 Å². The summed E-state index contributed by atoms with van der Waals surface area (Å²) in [6, 6.07) is 11.3. The van der Waals surface area contributed by atoms with Crippen LogP contribution in [0.4, 0.5) is 0 Å². The first-order valence-electron chi connectivity index (χ1n) is 13.9. The molecular weight excluding hydrogens is 492 g/mol. The minimum absolute atomic E-state index is 0.0651. The molecule has 2 unspecified atom stereocenters. The molecule has 2 aromatic rings. The van der Waals surface area contributed by atoms with Gasteiger partial charge in [-0.1, -0.05) is 24.3 Å². The lowest BCUT2D eigenvalue weighted by molar-refractivity contribution is -0.128. The van der Waals surface area contributed by atoms with Crippen LogP contribution in [0.15, 0.2) is 53.5 Å². The maximum absolute atomic E-state index is 13.5. The van der Waals surface area contributed by atoms with Crippen molar-refractivity contribution in [1.29, 1.82) is 0 Å². The third-order valence-corrected chi connectivity index (χ3v) is 7.52. The maximum Gasteiger partial charge on any atom is 0.251 e. The fourth-order valence-corrected chi connectivity index (χ4v) is 5.59. The number of amides is 2. The molecule has 8 rings (SSSR count). The molecule has 0 spiro atoms. The van der Waals surface area contributed by atoms with Gasteiger partial charge in [-0.3, -0.25) is 14.5 Å². The highest BCUT2D eigenvalue weighted by molar-refractivity contribution is 5.99. The van der Waals surface area contributed by atoms with E-state index in [0.717, 1.165) is 42.6 Å². The van der Waals surface area contributed by atoms with Crippen LogP contribution in [-0.4, -0.2) is 40.9 Å². The van der Waals surface area contributed by atoms with Crippen molar-refractivity contribution in [1.82, 2.24) is 10.2 Å². The van der Waals surface area contributed by atoms with Gasteiger partial charge in [0.25, 0.3) is 5.91 Å². The lowest BCUT2D eigenvalue weighted by Crippen LogP contribution is -2.46. The SMILES string of the molecule is CCOc1ccc2cc1CN1C(=O)CC(CCC/C=C/Cc3ccc4c(c3)OC(C)(C)CC4NC2=O)N=C1N. The van der Waals surface area contributed by atoms with Crippen LogP contribution in [0.2, 0.25) is 0 Å². The largest absolute Gasteiger partial charge is 0.494 e. The molecule has 3 N–H and O–H groups in total. The summed E-state index contributed by atoms with van der Waals surface area (Å²) in [5, 5.41) is 3.23. The number of hydrogen-bond acceptors (Lipinski definition) is 6. The molecule has 0 fully saturated rings. The molecule has 8 heteroatoms. The van der Waals surface area contributed by atoms with Crippen molar-refractivity contribution in [3.8, 4) is 11.5 Å². The normalized spacial score (nSPS) is 23.8. The molecule has 2 amide bonds. The van der Waals surface area contributed by atoms with Crippen LogP contribution in [0, 0.1) is 0 Å². The zero-order chi connectivity index (χ0) is 27.6. The van der Waals surface area contributed by atoms with Crippen molar-refractivity contribution in [3.05, 3.63) is 70.8 Å². The van der Waals surface area contributed by atoms with E-state index in [1.807, 2.05) is 20.8 Å². The summed E-state index contributed by atoms with van der Waals surface area (Å²) >= 11 is 0. The number of nitrogens with one attached hydrogen (secondary N) is 1. The fraction of sp³-hybridized carbons (Fsp3) is 0.452. The Hall–Kier alpha value is -3.81. The minimum Gasteiger partial charge on any atom is -0.494 e. The van der Waals surface area contributed by atoms with Crippen molar-refractivity contribution < 1.29 is 19.1 Å². The van der Waals surface area contributed by atoms with Gasteiger partial charge in [0.1, 0.15) is 17.1 Å². The molecule has 6 aliphatic rings. The van der Waals surface area contributed by atoms with Gasteiger partial charge in [0.05, 0.1) is 25.2 Å². The van der Waals surface area contributed by atoms with Gasteiger partial charge in [-0.05, 0) is 76.3 Å². The van der Waals surface area contributed by atoms with Crippen LogP contribution in [0.3, 0.4) is 0 Å². The first-order chi connectivity index (χ1) is 18.7. The summed E-state index contributed by atoms with van der Waals surface area (Å²) in [4.78, 5) is 32.8. The predicted molar refractivity (Wildman–Crippen MR) is 151 cm³/mol. The number of aliphatic imine (C=N–C) groups is 1. The van der Waals surface area contributed by atoms with E-state index in [4.69, 9.17) is 15.2 Å². The second kappa shape index (κ2) is 11.1. The van der Waals surface area contributed by atoms with Crippen LogP contribution in [0.5, 0.6) is 11.5 Å². The molecule has 8 nitrogen and oxygen atoms in total. The van der Waals surface area contributed by atoms with Crippen molar-refractivity contribution in [2.24, 2.45) is 10.7 Å². The Morgan fingerprint density at radius 3 is 2.82 bits per heavy atom. The van der Waals surface area contributed by atoms with Crippen LogP contribution < -0.4 is 20.5 Å². The van der Waals surface area contributed by atoms with Gasteiger partial charge in [-0.15, -0.1) is 0 Å². The summed E-state index contributed by atoms with van der Waals surface area (Å²) in [5.74, 6) is 1.39. The molecule has 0 radical (unpaired) electrons. The van der Waals surface area contributed by atoms with E-state index in [2.05, 4.69) is 40.7 Å². The lowest BCUT2D eigenvalue weighted by atomic mass is 9.88. The van der Waals surface area contributed by atoms with E-state index in [-0.39, 0.29) is 36.4 Å². The number of carbonyl (C=O) groups is 2.